The van der Waals surface area contributed by atoms with E-state index in [9.17, 15) is 13.6 Å². The summed E-state index contributed by atoms with van der Waals surface area (Å²) in [6, 6.07) is 3.62. The Morgan fingerprint density at radius 2 is 2.14 bits per heavy atom. The normalized spacial score (nSPS) is 11.0. The third-order valence-corrected chi connectivity index (χ3v) is 3.61. The van der Waals surface area contributed by atoms with Crippen molar-refractivity contribution in [2.75, 3.05) is 11.1 Å². The zero-order chi connectivity index (χ0) is 15.7. The van der Waals surface area contributed by atoms with Crippen LogP contribution in [0.15, 0.2) is 27.9 Å². The first-order valence-electron chi connectivity index (χ1n) is 6.22. The minimum absolute atomic E-state index is 0.0662. The van der Waals surface area contributed by atoms with Crippen LogP contribution in [-0.2, 0) is 4.79 Å². The topological polar surface area (TPSA) is 83.8 Å². The molecule has 0 aliphatic carbocycles. The number of hydrogen-bond acceptors (Lipinski definition) is 5. The Morgan fingerprint density at radius 1 is 1.36 bits per heavy atom. The minimum Gasteiger partial charge on any atom is -0.360 e. The first-order valence-corrected chi connectivity index (χ1v) is 7.20. The molecule has 0 saturated carbocycles. The van der Waals surface area contributed by atoms with Gasteiger partial charge in [-0.15, -0.1) is 0 Å². The van der Waals surface area contributed by atoms with Gasteiger partial charge in [0, 0.05) is 18.2 Å². The monoisotopic (exact) mass is 324 g/mol. The molecule has 2 aromatic heterocycles. The van der Waals surface area contributed by atoms with Crippen LogP contribution >= 0.6 is 11.8 Å². The van der Waals surface area contributed by atoms with Crippen molar-refractivity contribution in [3.05, 3.63) is 35.6 Å². The zero-order valence-corrected chi connectivity index (χ0v) is 12.1. The van der Waals surface area contributed by atoms with Crippen LogP contribution in [0.3, 0.4) is 0 Å². The number of rotatable bonds is 4. The van der Waals surface area contributed by atoms with Gasteiger partial charge in [-0.25, -0.2) is 13.8 Å². The second-order valence-electron chi connectivity index (χ2n) is 4.49. The number of nitrogens with zero attached hydrogens (tertiary/aromatic N) is 2. The van der Waals surface area contributed by atoms with E-state index in [0.29, 0.717) is 27.8 Å². The largest absolute Gasteiger partial charge is 0.360 e. The zero-order valence-electron chi connectivity index (χ0n) is 11.3. The average molecular weight is 324 g/mol. The number of amides is 1. The fourth-order valence-electron chi connectivity index (χ4n) is 1.79. The summed E-state index contributed by atoms with van der Waals surface area (Å²) in [6.07, 6.45) is 0. The van der Waals surface area contributed by atoms with Gasteiger partial charge in [-0.3, -0.25) is 4.79 Å². The number of aromatic nitrogens is 3. The van der Waals surface area contributed by atoms with Gasteiger partial charge in [-0.05, 0) is 6.92 Å². The van der Waals surface area contributed by atoms with Crippen LogP contribution in [0.5, 0.6) is 0 Å². The van der Waals surface area contributed by atoms with E-state index in [1.165, 1.54) is 0 Å². The molecule has 0 radical (unpaired) electrons. The number of nitrogens with one attached hydrogen (secondary N) is 2. The summed E-state index contributed by atoms with van der Waals surface area (Å²) in [5, 5.41) is 6.60. The molecule has 2 heterocycles. The number of imidazole rings is 1. The van der Waals surface area contributed by atoms with Gasteiger partial charge in [0.25, 0.3) is 0 Å². The van der Waals surface area contributed by atoms with Crippen LogP contribution < -0.4 is 5.32 Å². The maximum Gasteiger partial charge on any atom is 0.236 e. The van der Waals surface area contributed by atoms with E-state index in [0.717, 1.165) is 23.9 Å². The molecule has 0 saturated heterocycles. The molecule has 1 aromatic carbocycles. The molecular formula is C13H10F2N4O2S. The van der Waals surface area contributed by atoms with E-state index < -0.39 is 11.6 Å². The lowest BCUT2D eigenvalue weighted by Gasteiger charge is -1.98. The smallest absolute Gasteiger partial charge is 0.236 e. The molecule has 0 bridgehead atoms. The van der Waals surface area contributed by atoms with E-state index >= 15 is 0 Å². The number of benzene rings is 1. The molecule has 114 valence electrons. The summed E-state index contributed by atoms with van der Waals surface area (Å²) in [7, 11) is 0. The van der Waals surface area contributed by atoms with Crippen molar-refractivity contribution in [3.8, 4) is 0 Å². The summed E-state index contributed by atoms with van der Waals surface area (Å²) in [4.78, 5) is 18.6. The molecule has 0 unspecified atom stereocenters. The quantitative estimate of drug-likeness (QED) is 0.721. The highest BCUT2D eigenvalue weighted by Crippen LogP contribution is 2.22. The summed E-state index contributed by atoms with van der Waals surface area (Å²) in [5.41, 5.74) is 0.669. The number of aryl methyl sites for hydroxylation is 1. The first-order chi connectivity index (χ1) is 10.5. The molecule has 3 aromatic rings. The van der Waals surface area contributed by atoms with Crippen molar-refractivity contribution in [3.63, 3.8) is 0 Å². The first kappa shape index (κ1) is 14.5. The highest BCUT2D eigenvalue weighted by molar-refractivity contribution is 7.99. The number of carbonyl (C=O) groups is 1. The molecule has 0 aliphatic heterocycles. The number of halogens is 2. The van der Waals surface area contributed by atoms with Gasteiger partial charge in [0.2, 0.25) is 5.91 Å². The molecule has 9 heteroatoms. The number of H-pyrrole nitrogens is 1. The Morgan fingerprint density at radius 3 is 2.86 bits per heavy atom. The maximum absolute atomic E-state index is 13.1. The Hall–Kier alpha value is -2.42. The summed E-state index contributed by atoms with van der Waals surface area (Å²) >= 11 is 1.11. The number of carbonyl (C=O) groups excluding carboxylic acids is 1. The number of anilines is 1. The lowest BCUT2D eigenvalue weighted by molar-refractivity contribution is -0.113. The van der Waals surface area contributed by atoms with Crippen LogP contribution in [0.4, 0.5) is 14.6 Å². The second-order valence-corrected chi connectivity index (χ2v) is 5.45. The Bertz CT molecular complexity index is 807. The van der Waals surface area contributed by atoms with Gasteiger partial charge in [-0.2, -0.15) is 0 Å². The number of aromatic amines is 1. The maximum atomic E-state index is 13.1. The Kier molecular flexibility index (Phi) is 3.80. The fraction of sp³-hybridized carbons (Fsp3) is 0.154. The van der Waals surface area contributed by atoms with E-state index in [4.69, 9.17) is 4.52 Å². The second kappa shape index (κ2) is 5.76. The van der Waals surface area contributed by atoms with Crippen molar-refractivity contribution in [2.24, 2.45) is 0 Å². The molecule has 1 amide bonds. The van der Waals surface area contributed by atoms with Gasteiger partial charge in [0.1, 0.15) is 5.76 Å². The highest BCUT2D eigenvalue weighted by Gasteiger charge is 2.11. The summed E-state index contributed by atoms with van der Waals surface area (Å²) < 4.78 is 31.0. The van der Waals surface area contributed by atoms with Crippen molar-refractivity contribution < 1.29 is 18.1 Å². The minimum atomic E-state index is -0.963. The third-order valence-electron chi connectivity index (χ3n) is 2.74. The van der Waals surface area contributed by atoms with Crippen molar-refractivity contribution in [2.45, 2.75) is 12.1 Å². The predicted molar refractivity (Wildman–Crippen MR) is 76.6 cm³/mol. The average Bonchev–Trinajstić information content (AvgIpc) is 3.03. The Balaban J connectivity index is 1.64. The van der Waals surface area contributed by atoms with Crippen molar-refractivity contribution >= 4 is 34.5 Å². The van der Waals surface area contributed by atoms with Crippen LogP contribution in [0.1, 0.15) is 5.76 Å². The van der Waals surface area contributed by atoms with Gasteiger partial charge in [0.15, 0.2) is 22.6 Å². The standard InChI is InChI=1S/C13H10F2N4O2S/c1-6-2-11(19-21-6)18-12(20)5-22-13-16-9-3-7(14)8(15)4-10(9)17-13/h2-4H,5H2,1H3,(H,16,17)(H,18,19,20). The van der Waals surface area contributed by atoms with Gasteiger partial charge in [0.05, 0.1) is 16.8 Å². The van der Waals surface area contributed by atoms with E-state index in [2.05, 4.69) is 20.4 Å². The molecule has 0 spiro atoms. The lowest BCUT2D eigenvalue weighted by atomic mass is 10.3. The number of thioether (sulfide) groups is 1. The molecule has 2 N–H and O–H groups in total. The van der Waals surface area contributed by atoms with Gasteiger partial charge >= 0.3 is 0 Å². The van der Waals surface area contributed by atoms with E-state index in [-0.39, 0.29) is 11.7 Å². The Labute approximate surface area is 127 Å². The lowest BCUT2D eigenvalue weighted by Crippen LogP contribution is -2.14. The SMILES string of the molecule is Cc1cc(NC(=O)CSc2nc3cc(F)c(F)cc3[nH]2)no1. The number of fused-ring (bicyclic) bond motifs is 1. The van der Waals surface area contributed by atoms with Crippen molar-refractivity contribution in [1.82, 2.24) is 15.1 Å². The van der Waals surface area contributed by atoms with Gasteiger partial charge in [-0.1, -0.05) is 16.9 Å². The van der Waals surface area contributed by atoms with Crippen LogP contribution in [-0.4, -0.2) is 26.8 Å². The van der Waals surface area contributed by atoms with Gasteiger partial charge < -0.3 is 14.8 Å². The molecule has 0 fully saturated rings. The van der Waals surface area contributed by atoms with Crippen LogP contribution in [0, 0.1) is 18.6 Å². The highest BCUT2D eigenvalue weighted by atomic mass is 32.2. The molecule has 0 atom stereocenters. The number of hydrogen-bond donors (Lipinski definition) is 2. The molecule has 3 rings (SSSR count). The third kappa shape index (κ3) is 3.08. The fourth-order valence-corrected chi connectivity index (χ4v) is 2.47. The summed E-state index contributed by atoms with van der Waals surface area (Å²) in [6.45, 7) is 1.71. The summed E-state index contributed by atoms with van der Waals surface area (Å²) in [5.74, 6) is -1.23. The van der Waals surface area contributed by atoms with E-state index in [1.54, 1.807) is 13.0 Å². The van der Waals surface area contributed by atoms with Crippen LogP contribution in [0.25, 0.3) is 11.0 Å². The molecule has 6 nitrogen and oxygen atoms in total. The molecule has 22 heavy (non-hydrogen) atoms. The molecule has 0 aliphatic rings. The van der Waals surface area contributed by atoms with E-state index in [1.807, 2.05) is 0 Å². The predicted octanol–water partition coefficient (Wildman–Crippen LogP) is 2.87. The van der Waals surface area contributed by atoms with Crippen molar-refractivity contribution in [1.29, 1.82) is 0 Å². The molecular weight excluding hydrogens is 314 g/mol. The van der Waals surface area contributed by atoms with Crippen LogP contribution in [0.2, 0.25) is 0 Å².